The molecule has 10 heteroatoms. The van der Waals surface area contributed by atoms with Crippen LogP contribution in [-0.2, 0) is 13.1 Å². The number of hydrogen-bond acceptors (Lipinski definition) is 7. The van der Waals surface area contributed by atoms with Gasteiger partial charge in [0.25, 0.3) is 0 Å². The number of methoxy groups -OCH3 is 1. The van der Waals surface area contributed by atoms with E-state index in [2.05, 4.69) is 20.3 Å². The van der Waals surface area contributed by atoms with Gasteiger partial charge in [0, 0.05) is 35.3 Å². The van der Waals surface area contributed by atoms with Crippen molar-refractivity contribution in [3.05, 3.63) is 67.0 Å². The van der Waals surface area contributed by atoms with Crippen molar-refractivity contribution < 1.29 is 9.84 Å². The van der Waals surface area contributed by atoms with Gasteiger partial charge in [-0.15, -0.1) is 0 Å². The number of ether oxygens (including phenoxy) is 1. The first-order chi connectivity index (χ1) is 15.7. The Morgan fingerprint density at radius 3 is 2.78 bits per heavy atom. The van der Waals surface area contributed by atoms with E-state index in [0.29, 0.717) is 24.4 Å². The summed E-state index contributed by atoms with van der Waals surface area (Å²) in [6, 6.07) is 9.95. The molecule has 4 aromatic heterocycles. The first-order valence-corrected chi connectivity index (χ1v) is 10.1. The molecule has 0 aliphatic heterocycles. The molecule has 0 amide bonds. The first kappa shape index (κ1) is 19.8. The van der Waals surface area contributed by atoms with Crippen LogP contribution in [0, 0.1) is 0 Å². The number of anilines is 1. The summed E-state index contributed by atoms with van der Waals surface area (Å²) in [5.74, 6) is 1.13. The van der Waals surface area contributed by atoms with Gasteiger partial charge in [-0.1, -0.05) is 12.1 Å². The average molecular weight is 430 g/mol. The van der Waals surface area contributed by atoms with E-state index in [0.717, 1.165) is 33.7 Å². The highest BCUT2D eigenvalue weighted by atomic mass is 16.5. The molecule has 4 heterocycles. The highest BCUT2D eigenvalue weighted by Gasteiger charge is 2.18. The van der Waals surface area contributed by atoms with Gasteiger partial charge in [-0.2, -0.15) is 15.3 Å². The van der Waals surface area contributed by atoms with Crippen LogP contribution < -0.4 is 10.5 Å². The van der Waals surface area contributed by atoms with E-state index in [4.69, 9.17) is 10.5 Å². The Bertz CT molecular complexity index is 1370. The summed E-state index contributed by atoms with van der Waals surface area (Å²) in [7, 11) is 1.65. The first-order valence-electron chi connectivity index (χ1n) is 10.1. The molecule has 0 aliphatic rings. The van der Waals surface area contributed by atoms with Gasteiger partial charge in [-0.3, -0.25) is 9.36 Å². The van der Waals surface area contributed by atoms with Crippen LogP contribution in [0.3, 0.4) is 0 Å². The standard InChI is InChI=1S/C22H22N8O2/c1-32-20-9-15(3-4-16(20)12-28-6-2-5-25-28)18-10-19(17-11-26-29(13-17)7-8-31)30-21(18)22(23)24-14-27-30/h2-6,9-11,13-14,31H,7-8,12H2,1H3,(H2,23,24,27). The minimum Gasteiger partial charge on any atom is -0.496 e. The second-order valence-electron chi connectivity index (χ2n) is 7.29. The molecule has 0 saturated heterocycles. The largest absolute Gasteiger partial charge is 0.496 e. The molecule has 0 aliphatic carbocycles. The van der Waals surface area contributed by atoms with Crippen LogP contribution in [0.1, 0.15) is 5.56 Å². The topological polar surface area (TPSA) is 121 Å². The fraction of sp³-hybridized carbons (Fsp3) is 0.182. The molecule has 5 rings (SSSR count). The van der Waals surface area contributed by atoms with Crippen molar-refractivity contribution >= 4 is 11.3 Å². The molecule has 5 aromatic rings. The number of rotatable bonds is 7. The Hall–Kier alpha value is -4.18. The van der Waals surface area contributed by atoms with Gasteiger partial charge in [0.05, 0.1) is 38.7 Å². The van der Waals surface area contributed by atoms with Crippen molar-refractivity contribution in [1.29, 1.82) is 0 Å². The minimum atomic E-state index is 0.0149. The third-order valence-electron chi connectivity index (χ3n) is 5.33. The molecule has 10 nitrogen and oxygen atoms in total. The molecule has 0 saturated carbocycles. The maximum Gasteiger partial charge on any atom is 0.152 e. The maximum absolute atomic E-state index is 9.19. The quantitative estimate of drug-likeness (QED) is 0.405. The van der Waals surface area contributed by atoms with E-state index < -0.39 is 0 Å². The molecule has 32 heavy (non-hydrogen) atoms. The summed E-state index contributed by atoms with van der Waals surface area (Å²) in [6.45, 7) is 1.04. The molecule has 0 atom stereocenters. The van der Waals surface area contributed by atoms with E-state index in [9.17, 15) is 5.11 Å². The molecule has 0 radical (unpaired) electrons. The summed E-state index contributed by atoms with van der Waals surface area (Å²) in [6.07, 6.45) is 8.71. The Morgan fingerprint density at radius 1 is 1.09 bits per heavy atom. The summed E-state index contributed by atoms with van der Waals surface area (Å²) in [5, 5.41) is 22.2. The van der Waals surface area contributed by atoms with Crippen molar-refractivity contribution in [2.75, 3.05) is 19.5 Å². The number of nitrogen functional groups attached to an aromatic ring is 1. The molecule has 0 unspecified atom stereocenters. The molecule has 3 N–H and O–H groups in total. The monoisotopic (exact) mass is 430 g/mol. The molecule has 0 spiro atoms. The normalized spacial score (nSPS) is 11.3. The number of hydrogen-bond donors (Lipinski definition) is 2. The summed E-state index contributed by atoms with van der Waals surface area (Å²) in [4.78, 5) is 4.19. The SMILES string of the molecule is COc1cc(-c2cc(-c3cnn(CCO)c3)n3ncnc(N)c23)ccc1Cn1cccn1. The minimum absolute atomic E-state index is 0.0149. The van der Waals surface area contributed by atoms with Gasteiger partial charge in [-0.25, -0.2) is 9.50 Å². The zero-order chi connectivity index (χ0) is 22.1. The number of aromatic nitrogens is 7. The molecule has 0 bridgehead atoms. The Labute approximate surface area is 183 Å². The number of aliphatic hydroxyl groups is 1. The zero-order valence-corrected chi connectivity index (χ0v) is 17.5. The van der Waals surface area contributed by atoms with Crippen LogP contribution in [-0.4, -0.2) is 53.0 Å². The molecule has 0 fully saturated rings. The number of aliphatic hydroxyl groups excluding tert-OH is 1. The number of benzene rings is 1. The molecular weight excluding hydrogens is 408 g/mol. The van der Waals surface area contributed by atoms with E-state index in [1.165, 1.54) is 6.33 Å². The van der Waals surface area contributed by atoms with Crippen LogP contribution in [0.25, 0.3) is 27.9 Å². The van der Waals surface area contributed by atoms with Crippen LogP contribution in [0.2, 0.25) is 0 Å². The van der Waals surface area contributed by atoms with Gasteiger partial charge in [0.2, 0.25) is 0 Å². The number of nitrogens with two attached hydrogens (primary N) is 1. The second kappa shape index (κ2) is 8.16. The molecular formula is C22H22N8O2. The van der Waals surface area contributed by atoms with Crippen LogP contribution >= 0.6 is 0 Å². The van der Waals surface area contributed by atoms with Crippen molar-refractivity contribution in [1.82, 2.24) is 34.2 Å². The van der Waals surface area contributed by atoms with Gasteiger partial charge in [0.1, 0.15) is 17.6 Å². The van der Waals surface area contributed by atoms with Crippen molar-refractivity contribution in [2.45, 2.75) is 13.1 Å². The second-order valence-corrected chi connectivity index (χ2v) is 7.29. The van der Waals surface area contributed by atoms with Crippen LogP contribution in [0.5, 0.6) is 5.75 Å². The highest BCUT2D eigenvalue weighted by molar-refractivity contribution is 5.92. The Balaban J connectivity index is 1.62. The van der Waals surface area contributed by atoms with Gasteiger partial charge in [-0.05, 0) is 23.8 Å². The Morgan fingerprint density at radius 2 is 2.00 bits per heavy atom. The van der Waals surface area contributed by atoms with Crippen LogP contribution in [0.15, 0.2) is 61.4 Å². The third-order valence-corrected chi connectivity index (χ3v) is 5.33. The van der Waals surface area contributed by atoms with Gasteiger partial charge >= 0.3 is 0 Å². The summed E-state index contributed by atoms with van der Waals surface area (Å²) < 4.78 is 11.0. The zero-order valence-electron chi connectivity index (χ0n) is 17.5. The lowest BCUT2D eigenvalue weighted by Crippen LogP contribution is -2.02. The van der Waals surface area contributed by atoms with E-state index >= 15 is 0 Å². The lowest BCUT2D eigenvalue weighted by molar-refractivity contribution is 0.269. The van der Waals surface area contributed by atoms with Gasteiger partial charge < -0.3 is 15.6 Å². The highest BCUT2D eigenvalue weighted by Crippen LogP contribution is 2.36. The fourth-order valence-electron chi connectivity index (χ4n) is 3.83. The average Bonchev–Trinajstić information content (AvgIpc) is 3.55. The van der Waals surface area contributed by atoms with Crippen molar-refractivity contribution in [3.63, 3.8) is 0 Å². The van der Waals surface area contributed by atoms with Crippen LogP contribution in [0.4, 0.5) is 5.82 Å². The van der Waals surface area contributed by atoms with E-state index in [1.54, 1.807) is 28.7 Å². The van der Waals surface area contributed by atoms with Gasteiger partial charge in [0.15, 0.2) is 5.82 Å². The molecule has 1 aromatic carbocycles. The van der Waals surface area contributed by atoms with Crippen molar-refractivity contribution in [2.24, 2.45) is 0 Å². The summed E-state index contributed by atoms with van der Waals surface area (Å²) in [5.41, 5.74) is 11.5. The smallest absolute Gasteiger partial charge is 0.152 e. The molecule has 162 valence electrons. The predicted octanol–water partition coefficient (Wildman–Crippen LogP) is 2.09. The van der Waals surface area contributed by atoms with E-state index in [-0.39, 0.29) is 6.61 Å². The summed E-state index contributed by atoms with van der Waals surface area (Å²) >= 11 is 0. The van der Waals surface area contributed by atoms with Crippen molar-refractivity contribution in [3.8, 4) is 28.1 Å². The predicted molar refractivity (Wildman–Crippen MR) is 119 cm³/mol. The maximum atomic E-state index is 9.19. The fourth-order valence-corrected chi connectivity index (χ4v) is 3.83. The lowest BCUT2D eigenvalue weighted by atomic mass is 10.0. The Kier molecular flexibility index (Phi) is 5.04. The third kappa shape index (κ3) is 3.46. The lowest BCUT2D eigenvalue weighted by Gasteiger charge is -2.11. The number of nitrogens with zero attached hydrogens (tertiary/aromatic N) is 7. The van der Waals surface area contributed by atoms with E-state index in [1.807, 2.05) is 47.4 Å². The number of fused-ring (bicyclic) bond motifs is 1.